The van der Waals surface area contributed by atoms with Gasteiger partial charge < -0.3 is 0 Å². The fourth-order valence-corrected chi connectivity index (χ4v) is 2.09. The van der Waals surface area contributed by atoms with Crippen LogP contribution in [0, 0.1) is 0 Å². The van der Waals surface area contributed by atoms with Gasteiger partial charge in [0, 0.05) is 22.2 Å². The van der Waals surface area contributed by atoms with Gasteiger partial charge in [-0.1, -0.05) is 27.5 Å². The zero-order valence-electron chi connectivity index (χ0n) is 7.72. The molecule has 1 aromatic carbocycles. The smallest absolute Gasteiger partial charge is 0.165 e. The minimum absolute atomic E-state index is 0.0859. The average Bonchev–Trinajstić information content (AvgIpc) is 2.19. The quantitative estimate of drug-likeness (QED) is 0.474. The SMILES string of the molecule is CSc1ccc(Cl)c(C(=O)CCBr)c1. The Labute approximate surface area is 101 Å². The van der Waals surface area contributed by atoms with Gasteiger partial charge in [0.1, 0.15) is 0 Å². The van der Waals surface area contributed by atoms with E-state index in [1.54, 1.807) is 17.8 Å². The molecule has 0 heterocycles. The highest BCUT2D eigenvalue weighted by atomic mass is 79.9. The number of ketones is 1. The molecule has 0 amide bonds. The summed E-state index contributed by atoms with van der Waals surface area (Å²) in [5.74, 6) is 0.0859. The fourth-order valence-electron chi connectivity index (χ4n) is 1.07. The number of hydrogen-bond acceptors (Lipinski definition) is 2. The second-order valence-corrected chi connectivity index (χ2v) is 4.79. The van der Waals surface area contributed by atoms with Gasteiger partial charge in [-0.3, -0.25) is 4.79 Å². The van der Waals surface area contributed by atoms with Gasteiger partial charge in [-0.05, 0) is 24.5 Å². The molecule has 0 N–H and O–H groups in total. The minimum Gasteiger partial charge on any atom is -0.294 e. The molecule has 0 spiro atoms. The number of carbonyl (C=O) groups is 1. The predicted molar refractivity (Wildman–Crippen MR) is 66.0 cm³/mol. The molecule has 0 aliphatic rings. The van der Waals surface area contributed by atoms with E-state index in [2.05, 4.69) is 15.9 Å². The molecule has 0 bridgehead atoms. The summed E-state index contributed by atoms with van der Waals surface area (Å²) >= 11 is 10.8. The Kier molecular flexibility index (Phi) is 4.99. The van der Waals surface area contributed by atoms with E-state index in [1.807, 2.05) is 18.4 Å². The number of halogens is 2. The van der Waals surface area contributed by atoms with Crippen LogP contribution < -0.4 is 0 Å². The minimum atomic E-state index is 0.0859. The van der Waals surface area contributed by atoms with Crippen molar-refractivity contribution in [3.8, 4) is 0 Å². The molecule has 0 aliphatic carbocycles. The van der Waals surface area contributed by atoms with E-state index >= 15 is 0 Å². The summed E-state index contributed by atoms with van der Waals surface area (Å²) < 4.78 is 0. The highest BCUT2D eigenvalue weighted by Gasteiger charge is 2.10. The molecule has 1 nitrogen and oxygen atoms in total. The van der Waals surface area contributed by atoms with Crippen LogP contribution in [-0.4, -0.2) is 17.4 Å². The fraction of sp³-hybridized carbons (Fsp3) is 0.300. The molecule has 0 saturated heterocycles. The second kappa shape index (κ2) is 5.79. The summed E-state index contributed by atoms with van der Waals surface area (Å²) in [7, 11) is 0. The van der Waals surface area contributed by atoms with E-state index in [1.165, 1.54) is 0 Å². The number of alkyl halides is 1. The third-order valence-electron chi connectivity index (χ3n) is 1.80. The van der Waals surface area contributed by atoms with Crippen LogP contribution in [0.25, 0.3) is 0 Å². The summed E-state index contributed by atoms with van der Waals surface area (Å²) in [6, 6.07) is 5.53. The standard InChI is InChI=1S/C10H10BrClOS/c1-14-7-2-3-9(12)8(6-7)10(13)4-5-11/h2-3,6H,4-5H2,1H3. The Bertz CT molecular complexity index is 341. The van der Waals surface area contributed by atoms with Gasteiger partial charge in [0.25, 0.3) is 0 Å². The summed E-state index contributed by atoms with van der Waals surface area (Å²) in [6.07, 6.45) is 2.46. The normalized spacial score (nSPS) is 10.2. The third kappa shape index (κ3) is 3.01. The van der Waals surface area contributed by atoms with Crippen LogP contribution in [0.1, 0.15) is 16.8 Å². The Balaban J connectivity index is 2.99. The van der Waals surface area contributed by atoms with Gasteiger partial charge in [-0.2, -0.15) is 0 Å². The van der Waals surface area contributed by atoms with Crippen molar-refractivity contribution in [2.24, 2.45) is 0 Å². The van der Waals surface area contributed by atoms with Crippen LogP contribution >= 0.6 is 39.3 Å². The zero-order chi connectivity index (χ0) is 10.6. The molecule has 1 aromatic rings. The molecule has 0 aliphatic heterocycles. The van der Waals surface area contributed by atoms with E-state index in [4.69, 9.17) is 11.6 Å². The van der Waals surface area contributed by atoms with Crippen LogP contribution in [0.3, 0.4) is 0 Å². The largest absolute Gasteiger partial charge is 0.294 e. The Morgan fingerprint density at radius 2 is 2.29 bits per heavy atom. The van der Waals surface area contributed by atoms with E-state index in [0.717, 1.165) is 4.90 Å². The van der Waals surface area contributed by atoms with Crippen molar-refractivity contribution in [2.75, 3.05) is 11.6 Å². The first-order valence-corrected chi connectivity index (χ1v) is 6.84. The maximum absolute atomic E-state index is 11.6. The van der Waals surface area contributed by atoms with Crippen molar-refractivity contribution in [3.05, 3.63) is 28.8 Å². The highest BCUT2D eigenvalue weighted by Crippen LogP contribution is 2.24. The van der Waals surface area contributed by atoms with E-state index < -0.39 is 0 Å². The molecule has 14 heavy (non-hydrogen) atoms. The van der Waals surface area contributed by atoms with E-state index in [-0.39, 0.29) is 5.78 Å². The zero-order valence-corrected chi connectivity index (χ0v) is 10.9. The van der Waals surface area contributed by atoms with Gasteiger partial charge >= 0.3 is 0 Å². The molecular weight excluding hydrogens is 284 g/mol. The van der Waals surface area contributed by atoms with Crippen molar-refractivity contribution in [1.82, 2.24) is 0 Å². The predicted octanol–water partition coefficient (Wildman–Crippen LogP) is 4.03. The number of rotatable bonds is 4. The molecule has 0 unspecified atom stereocenters. The lowest BCUT2D eigenvalue weighted by Crippen LogP contribution is -2.00. The average molecular weight is 294 g/mol. The van der Waals surface area contributed by atoms with Crippen molar-refractivity contribution in [1.29, 1.82) is 0 Å². The van der Waals surface area contributed by atoms with Crippen molar-refractivity contribution >= 4 is 45.1 Å². The van der Waals surface area contributed by atoms with Gasteiger partial charge in [-0.15, -0.1) is 11.8 Å². The van der Waals surface area contributed by atoms with Gasteiger partial charge in [0.2, 0.25) is 0 Å². The summed E-state index contributed by atoms with van der Waals surface area (Å²) in [5, 5.41) is 1.21. The molecule has 0 radical (unpaired) electrons. The molecule has 0 saturated carbocycles. The lowest BCUT2D eigenvalue weighted by atomic mass is 10.1. The lowest BCUT2D eigenvalue weighted by Gasteiger charge is -2.04. The van der Waals surface area contributed by atoms with E-state index in [9.17, 15) is 4.79 Å². The number of hydrogen-bond donors (Lipinski definition) is 0. The first-order valence-electron chi connectivity index (χ1n) is 4.11. The van der Waals surface area contributed by atoms with Gasteiger partial charge in [0.15, 0.2) is 5.78 Å². The molecule has 4 heteroatoms. The summed E-state index contributed by atoms with van der Waals surface area (Å²) in [6.45, 7) is 0. The number of carbonyl (C=O) groups excluding carboxylic acids is 1. The first-order chi connectivity index (χ1) is 6.69. The van der Waals surface area contributed by atoms with Crippen LogP contribution in [0.4, 0.5) is 0 Å². The molecule has 0 atom stereocenters. The molecular formula is C10H10BrClOS. The summed E-state index contributed by atoms with van der Waals surface area (Å²) in [4.78, 5) is 12.7. The molecule has 76 valence electrons. The Hall–Kier alpha value is 0.01000. The van der Waals surface area contributed by atoms with E-state index in [0.29, 0.717) is 22.3 Å². The van der Waals surface area contributed by atoms with Crippen LogP contribution in [0.5, 0.6) is 0 Å². The second-order valence-electron chi connectivity index (χ2n) is 2.71. The highest BCUT2D eigenvalue weighted by molar-refractivity contribution is 9.09. The van der Waals surface area contributed by atoms with Crippen molar-refractivity contribution in [3.63, 3.8) is 0 Å². The molecule has 1 rings (SSSR count). The van der Waals surface area contributed by atoms with Crippen LogP contribution in [0.15, 0.2) is 23.1 Å². The monoisotopic (exact) mass is 292 g/mol. The first kappa shape index (κ1) is 12.1. The van der Waals surface area contributed by atoms with Crippen LogP contribution in [-0.2, 0) is 0 Å². The number of thioether (sulfide) groups is 1. The van der Waals surface area contributed by atoms with Crippen LogP contribution in [0.2, 0.25) is 5.02 Å². The molecule has 0 fully saturated rings. The maximum Gasteiger partial charge on any atom is 0.165 e. The van der Waals surface area contributed by atoms with Gasteiger partial charge in [-0.25, -0.2) is 0 Å². The Morgan fingerprint density at radius 1 is 1.57 bits per heavy atom. The topological polar surface area (TPSA) is 17.1 Å². The summed E-state index contributed by atoms with van der Waals surface area (Å²) in [5.41, 5.74) is 0.623. The van der Waals surface area contributed by atoms with Crippen molar-refractivity contribution in [2.45, 2.75) is 11.3 Å². The Morgan fingerprint density at radius 3 is 2.86 bits per heavy atom. The lowest BCUT2D eigenvalue weighted by molar-refractivity contribution is 0.0990. The molecule has 0 aromatic heterocycles. The van der Waals surface area contributed by atoms with Crippen molar-refractivity contribution < 1.29 is 4.79 Å². The number of Topliss-reactive ketones (excluding diaryl/α,β-unsaturated/α-hetero) is 1. The van der Waals surface area contributed by atoms with Gasteiger partial charge in [0.05, 0.1) is 5.02 Å². The maximum atomic E-state index is 11.6. The third-order valence-corrected chi connectivity index (χ3v) is 3.25. The number of benzene rings is 1.